The first-order valence-corrected chi connectivity index (χ1v) is 5.22. The third-order valence-corrected chi connectivity index (χ3v) is 3.04. The van der Waals surface area contributed by atoms with Gasteiger partial charge < -0.3 is 14.7 Å². The molecule has 2 fully saturated rings. The summed E-state index contributed by atoms with van der Waals surface area (Å²) in [6.45, 7) is 1.88. The molecule has 0 unspecified atom stereocenters. The number of carboxylic acids is 1. The highest BCUT2D eigenvalue weighted by Gasteiger charge is 2.48. The Morgan fingerprint density at radius 1 is 1.62 bits per heavy atom. The van der Waals surface area contributed by atoms with Gasteiger partial charge in [-0.15, -0.1) is 0 Å². The van der Waals surface area contributed by atoms with Gasteiger partial charge in [0.25, 0.3) is 0 Å². The molecule has 0 aromatic rings. The van der Waals surface area contributed by atoms with Gasteiger partial charge in [0.15, 0.2) is 0 Å². The molecule has 0 aromatic carbocycles. The van der Waals surface area contributed by atoms with E-state index < -0.39 is 17.9 Å². The second-order valence-electron chi connectivity index (χ2n) is 4.30. The fourth-order valence-corrected chi connectivity index (χ4v) is 2.09. The van der Waals surface area contributed by atoms with Crippen molar-refractivity contribution in [2.45, 2.75) is 31.9 Å². The molecular weight excluding hydrogens is 214 g/mol. The van der Waals surface area contributed by atoms with Gasteiger partial charge in [0, 0.05) is 12.8 Å². The lowest BCUT2D eigenvalue weighted by atomic mass is 10.1. The summed E-state index contributed by atoms with van der Waals surface area (Å²) in [6, 6.07) is -0.488. The predicted octanol–water partition coefficient (Wildman–Crippen LogP) is -0.376. The maximum Gasteiger partial charge on any atom is 0.329 e. The number of nitrogens with zero attached hydrogens (tertiary/aromatic N) is 1. The topological polar surface area (TPSA) is 83.9 Å². The average Bonchev–Trinajstić information content (AvgIpc) is 2.75. The van der Waals surface area contributed by atoms with Crippen molar-refractivity contribution >= 4 is 17.8 Å². The maximum atomic E-state index is 11.8. The lowest BCUT2D eigenvalue weighted by Gasteiger charge is -2.26. The first-order chi connectivity index (χ1) is 7.49. The highest BCUT2D eigenvalue weighted by molar-refractivity contribution is 5.89. The van der Waals surface area contributed by atoms with Crippen LogP contribution in [0, 0.1) is 5.92 Å². The standard InChI is InChI=1S/C10H13NO5/c1-5(9(13)14)2-8(12)11-4-6-3-7(11)10(15)16-6/h5-7H,2-4H2,1H3,(H,13,14)/t5-,6+,7+/m0/s1. The van der Waals surface area contributed by atoms with Gasteiger partial charge in [0.2, 0.25) is 5.91 Å². The maximum absolute atomic E-state index is 11.8. The number of hydrogen-bond acceptors (Lipinski definition) is 4. The van der Waals surface area contributed by atoms with E-state index in [0.29, 0.717) is 13.0 Å². The molecule has 1 N–H and O–H groups in total. The van der Waals surface area contributed by atoms with E-state index >= 15 is 0 Å². The predicted molar refractivity (Wildman–Crippen MR) is 51.4 cm³/mol. The van der Waals surface area contributed by atoms with Crippen LogP contribution in [0.3, 0.4) is 0 Å². The zero-order valence-electron chi connectivity index (χ0n) is 8.88. The Morgan fingerprint density at radius 2 is 2.31 bits per heavy atom. The molecule has 0 spiro atoms. The molecule has 2 heterocycles. The van der Waals surface area contributed by atoms with Crippen LogP contribution < -0.4 is 0 Å². The van der Waals surface area contributed by atoms with Crippen molar-refractivity contribution in [3.63, 3.8) is 0 Å². The molecular formula is C10H13NO5. The number of rotatable bonds is 3. The molecule has 1 amide bonds. The highest BCUT2D eigenvalue weighted by Crippen LogP contribution is 2.29. The van der Waals surface area contributed by atoms with E-state index in [-0.39, 0.29) is 24.4 Å². The van der Waals surface area contributed by atoms with Crippen molar-refractivity contribution in [3.8, 4) is 0 Å². The van der Waals surface area contributed by atoms with Crippen molar-refractivity contribution in [1.29, 1.82) is 0 Å². The SMILES string of the molecule is C[C@@H](CC(=O)N1C[C@H]2C[C@@H]1C(=O)O2)C(=O)O. The number of carbonyl (C=O) groups excluding carboxylic acids is 2. The number of ether oxygens (including phenoxy) is 1. The van der Waals surface area contributed by atoms with Crippen LogP contribution in [0.2, 0.25) is 0 Å². The fraction of sp³-hybridized carbons (Fsp3) is 0.700. The van der Waals surface area contributed by atoms with Crippen LogP contribution in [-0.4, -0.2) is 46.5 Å². The quantitative estimate of drug-likeness (QED) is 0.664. The summed E-state index contributed by atoms with van der Waals surface area (Å²) in [4.78, 5) is 35.0. The van der Waals surface area contributed by atoms with Gasteiger partial charge in [-0.3, -0.25) is 9.59 Å². The number of amides is 1. The molecule has 88 valence electrons. The Bertz CT molecular complexity index is 353. The van der Waals surface area contributed by atoms with E-state index in [4.69, 9.17) is 9.84 Å². The Morgan fingerprint density at radius 3 is 2.81 bits per heavy atom. The first-order valence-electron chi connectivity index (χ1n) is 5.22. The van der Waals surface area contributed by atoms with Crippen LogP contribution in [0.25, 0.3) is 0 Å². The summed E-state index contributed by atoms with van der Waals surface area (Å²) >= 11 is 0. The number of carboxylic acid groups (broad SMARTS) is 1. The molecule has 0 aromatic heterocycles. The Labute approximate surface area is 92.2 Å². The zero-order valence-corrected chi connectivity index (χ0v) is 8.88. The molecule has 2 aliphatic heterocycles. The number of morpholine rings is 1. The Kier molecular flexibility index (Phi) is 2.57. The molecule has 0 radical (unpaired) electrons. The van der Waals surface area contributed by atoms with Gasteiger partial charge in [-0.05, 0) is 0 Å². The third-order valence-electron chi connectivity index (χ3n) is 3.04. The van der Waals surface area contributed by atoms with Crippen LogP contribution in [0.5, 0.6) is 0 Å². The average molecular weight is 227 g/mol. The molecule has 2 aliphatic rings. The summed E-state index contributed by atoms with van der Waals surface area (Å²) in [7, 11) is 0. The van der Waals surface area contributed by atoms with Crippen LogP contribution >= 0.6 is 0 Å². The highest BCUT2D eigenvalue weighted by atomic mass is 16.6. The molecule has 2 bridgehead atoms. The van der Waals surface area contributed by atoms with E-state index in [1.54, 1.807) is 0 Å². The van der Waals surface area contributed by atoms with E-state index in [9.17, 15) is 14.4 Å². The third kappa shape index (κ3) is 1.75. The number of hydrogen-bond donors (Lipinski definition) is 1. The van der Waals surface area contributed by atoms with Crippen molar-refractivity contribution in [1.82, 2.24) is 4.90 Å². The number of aliphatic carboxylic acids is 1. The van der Waals surface area contributed by atoms with Crippen LogP contribution in [-0.2, 0) is 19.1 Å². The molecule has 6 heteroatoms. The minimum absolute atomic E-state index is 0.0637. The minimum atomic E-state index is -1.000. The van der Waals surface area contributed by atoms with Gasteiger partial charge in [0.1, 0.15) is 12.1 Å². The Hall–Kier alpha value is -1.59. The number of esters is 1. The number of carbonyl (C=O) groups is 3. The summed E-state index contributed by atoms with van der Waals surface area (Å²) in [5.74, 6) is -2.37. The molecule has 0 aliphatic carbocycles. The number of fused-ring (bicyclic) bond motifs is 2. The summed E-state index contributed by atoms with van der Waals surface area (Å²) in [5, 5.41) is 8.70. The van der Waals surface area contributed by atoms with Crippen molar-refractivity contribution in [2.75, 3.05) is 6.54 Å². The lowest BCUT2D eigenvalue weighted by Crippen LogP contribution is -2.45. The van der Waals surface area contributed by atoms with Crippen molar-refractivity contribution in [2.24, 2.45) is 5.92 Å². The second-order valence-corrected chi connectivity index (χ2v) is 4.30. The van der Waals surface area contributed by atoms with Gasteiger partial charge in [-0.2, -0.15) is 0 Å². The van der Waals surface area contributed by atoms with Crippen LogP contribution in [0.1, 0.15) is 19.8 Å². The van der Waals surface area contributed by atoms with Gasteiger partial charge in [0.05, 0.1) is 12.5 Å². The summed E-state index contributed by atoms with van der Waals surface area (Å²) < 4.78 is 4.94. The molecule has 16 heavy (non-hydrogen) atoms. The van der Waals surface area contributed by atoms with Gasteiger partial charge >= 0.3 is 11.9 Å². The van der Waals surface area contributed by atoms with Crippen molar-refractivity contribution in [3.05, 3.63) is 0 Å². The van der Waals surface area contributed by atoms with Crippen LogP contribution in [0.15, 0.2) is 0 Å². The smallest absolute Gasteiger partial charge is 0.329 e. The van der Waals surface area contributed by atoms with E-state index in [1.165, 1.54) is 11.8 Å². The molecule has 6 nitrogen and oxygen atoms in total. The summed E-state index contributed by atoms with van der Waals surface area (Å²) in [5.41, 5.74) is 0. The molecule has 2 rings (SSSR count). The van der Waals surface area contributed by atoms with E-state index in [2.05, 4.69) is 0 Å². The zero-order chi connectivity index (χ0) is 11.9. The molecule has 3 atom stereocenters. The Balaban J connectivity index is 1.96. The largest absolute Gasteiger partial charge is 0.481 e. The second kappa shape index (κ2) is 3.77. The van der Waals surface area contributed by atoms with Crippen LogP contribution in [0.4, 0.5) is 0 Å². The molecule has 0 saturated carbocycles. The monoisotopic (exact) mass is 227 g/mol. The van der Waals surface area contributed by atoms with Gasteiger partial charge in [-0.1, -0.05) is 6.92 Å². The lowest BCUT2D eigenvalue weighted by molar-refractivity contribution is -0.158. The van der Waals surface area contributed by atoms with E-state index in [0.717, 1.165) is 0 Å². The van der Waals surface area contributed by atoms with E-state index in [1.807, 2.05) is 0 Å². The van der Waals surface area contributed by atoms with Crippen molar-refractivity contribution < 1.29 is 24.2 Å². The first kappa shape index (κ1) is 10.9. The summed E-state index contributed by atoms with van der Waals surface area (Å²) in [6.07, 6.45) is 0.291. The fourth-order valence-electron chi connectivity index (χ4n) is 2.09. The molecule has 2 saturated heterocycles. The van der Waals surface area contributed by atoms with Gasteiger partial charge in [-0.25, -0.2) is 4.79 Å². The number of likely N-dealkylation sites (tertiary alicyclic amines) is 1. The minimum Gasteiger partial charge on any atom is -0.481 e. The normalized spacial score (nSPS) is 29.1.